The molecule has 0 aliphatic heterocycles. The molecule has 0 amide bonds. The van der Waals surface area contributed by atoms with Crippen molar-refractivity contribution in [2.75, 3.05) is 19.6 Å². The van der Waals surface area contributed by atoms with Crippen LogP contribution in [0.15, 0.2) is 58.1 Å². The molecule has 3 rings (SSSR count). The molecule has 0 spiro atoms. The molecule has 4 heteroatoms. The third kappa shape index (κ3) is 4.15. The Balaban J connectivity index is 1.56. The van der Waals surface area contributed by atoms with Crippen LogP contribution in [0.25, 0.3) is 0 Å². The molecule has 2 N–H and O–H groups in total. The fourth-order valence-electron chi connectivity index (χ4n) is 2.81. The third-order valence-electron chi connectivity index (χ3n) is 4.37. The van der Waals surface area contributed by atoms with Crippen molar-refractivity contribution in [3.8, 4) is 0 Å². The Morgan fingerprint density at radius 3 is 2.61 bits per heavy atom. The van der Waals surface area contributed by atoms with Gasteiger partial charge in [-0.3, -0.25) is 4.99 Å². The standard InChI is InChI=1S/C19H25N3O/c1-2-20-18(21-13-10-17-9-6-14-23-17)22-15-19(11-12-19)16-7-4-3-5-8-16/h3-9,14H,2,10-13,15H2,1H3,(H2,20,21,22). The Kier molecular flexibility index (Phi) is 5.01. The van der Waals surface area contributed by atoms with Crippen LogP contribution in [0.4, 0.5) is 0 Å². The summed E-state index contributed by atoms with van der Waals surface area (Å²) in [4.78, 5) is 4.81. The van der Waals surface area contributed by atoms with Gasteiger partial charge in [0.15, 0.2) is 5.96 Å². The number of nitrogens with one attached hydrogen (secondary N) is 2. The lowest BCUT2D eigenvalue weighted by atomic mass is 9.96. The summed E-state index contributed by atoms with van der Waals surface area (Å²) in [5.74, 6) is 1.89. The van der Waals surface area contributed by atoms with Crippen LogP contribution in [0.2, 0.25) is 0 Å². The van der Waals surface area contributed by atoms with Crippen molar-refractivity contribution < 1.29 is 4.42 Å². The van der Waals surface area contributed by atoms with Crippen molar-refractivity contribution in [3.05, 3.63) is 60.1 Å². The maximum absolute atomic E-state index is 5.36. The van der Waals surface area contributed by atoms with Gasteiger partial charge in [0.1, 0.15) is 5.76 Å². The first-order chi connectivity index (χ1) is 11.3. The lowest BCUT2D eigenvalue weighted by molar-refractivity contribution is 0.506. The average Bonchev–Trinajstić information content (AvgIpc) is 3.21. The van der Waals surface area contributed by atoms with E-state index in [1.54, 1.807) is 6.26 Å². The number of hydrogen-bond acceptors (Lipinski definition) is 2. The van der Waals surface area contributed by atoms with Gasteiger partial charge in [0, 0.05) is 24.9 Å². The molecule has 1 fully saturated rings. The predicted octanol–water partition coefficient (Wildman–Crippen LogP) is 3.11. The number of furan rings is 1. The van der Waals surface area contributed by atoms with Gasteiger partial charge < -0.3 is 15.1 Å². The first kappa shape index (κ1) is 15.7. The quantitative estimate of drug-likeness (QED) is 0.610. The van der Waals surface area contributed by atoms with Gasteiger partial charge in [0.05, 0.1) is 12.8 Å². The van der Waals surface area contributed by atoms with Gasteiger partial charge in [-0.1, -0.05) is 30.3 Å². The molecule has 0 unspecified atom stereocenters. The summed E-state index contributed by atoms with van der Waals surface area (Å²) in [5, 5.41) is 6.71. The second-order valence-corrected chi connectivity index (χ2v) is 6.10. The van der Waals surface area contributed by atoms with E-state index >= 15 is 0 Å². The summed E-state index contributed by atoms with van der Waals surface area (Å²) in [7, 11) is 0. The summed E-state index contributed by atoms with van der Waals surface area (Å²) in [6.07, 6.45) is 5.03. The number of benzene rings is 1. The fraction of sp³-hybridized carbons (Fsp3) is 0.421. The van der Waals surface area contributed by atoms with E-state index in [1.165, 1.54) is 18.4 Å². The Morgan fingerprint density at radius 2 is 1.96 bits per heavy atom. The molecule has 1 aliphatic rings. The highest BCUT2D eigenvalue weighted by molar-refractivity contribution is 5.79. The van der Waals surface area contributed by atoms with E-state index in [4.69, 9.17) is 9.41 Å². The van der Waals surface area contributed by atoms with Crippen LogP contribution < -0.4 is 10.6 Å². The zero-order valence-electron chi connectivity index (χ0n) is 13.7. The molecule has 1 aromatic heterocycles. The SMILES string of the molecule is CCNC(=NCC1(c2ccccc2)CC1)NCCc1ccco1. The molecule has 23 heavy (non-hydrogen) atoms. The van der Waals surface area contributed by atoms with E-state index < -0.39 is 0 Å². The number of nitrogens with zero attached hydrogens (tertiary/aromatic N) is 1. The molecule has 122 valence electrons. The smallest absolute Gasteiger partial charge is 0.191 e. The number of hydrogen-bond donors (Lipinski definition) is 2. The summed E-state index contributed by atoms with van der Waals surface area (Å²) in [6, 6.07) is 14.7. The molecular weight excluding hydrogens is 286 g/mol. The monoisotopic (exact) mass is 311 g/mol. The van der Waals surface area contributed by atoms with Crippen molar-refractivity contribution in [3.63, 3.8) is 0 Å². The molecular formula is C19H25N3O. The molecule has 0 radical (unpaired) electrons. The van der Waals surface area contributed by atoms with Crippen LogP contribution in [0.3, 0.4) is 0 Å². The maximum Gasteiger partial charge on any atom is 0.191 e. The van der Waals surface area contributed by atoms with Gasteiger partial charge in [-0.15, -0.1) is 0 Å². The topological polar surface area (TPSA) is 49.6 Å². The molecule has 1 heterocycles. The van der Waals surface area contributed by atoms with Crippen LogP contribution in [0.5, 0.6) is 0 Å². The molecule has 1 aliphatic carbocycles. The highest BCUT2D eigenvalue weighted by Gasteiger charge is 2.43. The molecule has 4 nitrogen and oxygen atoms in total. The van der Waals surface area contributed by atoms with E-state index in [0.717, 1.165) is 37.8 Å². The van der Waals surface area contributed by atoms with Gasteiger partial charge in [-0.25, -0.2) is 0 Å². The zero-order chi connectivity index (χ0) is 16.0. The van der Waals surface area contributed by atoms with Crippen LogP contribution in [0, 0.1) is 0 Å². The van der Waals surface area contributed by atoms with Crippen LogP contribution in [-0.4, -0.2) is 25.6 Å². The largest absolute Gasteiger partial charge is 0.469 e. The average molecular weight is 311 g/mol. The van der Waals surface area contributed by atoms with Crippen LogP contribution >= 0.6 is 0 Å². The Hall–Kier alpha value is -2.23. The summed E-state index contributed by atoms with van der Waals surface area (Å²) in [5.41, 5.74) is 1.67. The van der Waals surface area contributed by atoms with Crippen molar-refractivity contribution >= 4 is 5.96 Å². The Bertz CT molecular complexity index is 615. The highest BCUT2D eigenvalue weighted by Crippen LogP contribution is 2.48. The second kappa shape index (κ2) is 7.36. The van der Waals surface area contributed by atoms with E-state index in [2.05, 4.69) is 47.9 Å². The predicted molar refractivity (Wildman–Crippen MR) is 93.7 cm³/mol. The molecule has 1 saturated carbocycles. The minimum atomic E-state index is 0.255. The lowest BCUT2D eigenvalue weighted by Gasteiger charge is -2.15. The summed E-state index contributed by atoms with van der Waals surface area (Å²) < 4.78 is 5.36. The molecule has 2 aromatic rings. The molecule has 0 saturated heterocycles. The zero-order valence-corrected chi connectivity index (χ0v) is 13.7. The second-order valence-electron chi connectivity index (χ2n) is 6.10. The number of rotatable bonds is 7. The first-order valence-electron chi connectivity index (χ1n) is 8.42. The fourth-order valence-corrected chi connectivity index (χ4v) is 2.81. The van der Waals surface area contributed by atoms with Gasteiger partial charge in [-0.2, -0.15) is 0 Å². The third-order valence-corrected chi connectivity index (χ3v) is 4.37. The number of aliphatic imine (C=N–C) groups is 1. The van der Waals surface area contributed by atoms with Crippen molar-refractivity contribution in [2.45, 2.75) is 31.6 Å². The molecule has 1 aromatic carbocycles. The summed E-state index contributed by atoms with van der Waals surface area (Å²) in [6.45, 7) is 4.61. The van der Waals surface area contributed by atoms with E-state index in [0.29, 0.717) is 0 Å². The molecule has 0 bridgehead atoms. The van der Waals surface area contributed by atoms with Gasteiger partial charge >= 0.3 is 0 Å². The first-order valence-corrected chi connectivity index (χ1v) is 8.42. The van der Waals surface area contributed by atoms with Crippen LogP contribution in [-0.2, 0) is 11.8 Å². The van der Waals surface area contributed by atoms with Crippen molar-refractivity contribution in [1.29, 1.82) is 0 Å². The van der Waals surface area contributed by atoms with Crippen molar-refractivity contribution in [1.82, 2.24) is 10.6 Å². The summed E-state index contributed by atoms with van der Waals surface area (Å²) >= 11 is 0. The molecule has 0 atom stereocenters. The number of guanidine groups is 1. The Morgan fingerprint density at radius 1 is 1.13 bits per heavy atom. The van der Waals surface area contributed by atoms with E-state index in [-0.39, 0.29) is 5.41 Å². The highest BCUT2D eigenvalue weighted by atomic mass is 16.3. The van der Waals surface area contributed by atoms with E-state index in [1.807, 2.05) is 12.1 Å². The van der Waals surface area contributed by atoms with Gasteiger partial charge in [0.2, 0.25) is 0 Å². The van der Waals surface area contributed by atoms with Gasteiger partial charge in [-0.05, 0) is 37.5 Å². The lowest BCUT2D eigenvalue weighted by Crippen LogP contribution is -2.39. The minimum Gasteiger partial charge on any atom is -0.469 e. The minimum absolute atomic E-state index is 0.255. The maximum atomic E-state index is 5.36. The van der Waals surface area contributed by atoms with Gasteiger partial charge in [0.25, 0.3) is 0 Å². The normalized spacial score (nSPS) is 16.1. The van der Waals surface area contributed by atoms with Crippen molar-refractivity contribution in [2.24, 2.45) is 4.99 Å². The van der Waals surface area contributed by atoms with Crippen LogP contribution in [0.1, 0.15) is 31.1 Å². The van der Waals surface area contributed by atoms with E-state index in [9.17, 15) is 0 Å². The Labute approximate surface area is 138 Å².